The second kappa shape index (κ2) is 14.1. The predicted octanol–water partition coefficient (Wildman–Crippen LogP) is 4.99. The number of unbranched alkanes of at least 4 members (excludes halogenated alkanes) is 2. The smallest absolute Gasteiger partial charge is 0.305 e. The zero-order valence-electron chi connectivity index (χ0n) is 17.5. The minimum atomic E-state index is -0.484. The van der Waals surface area contributed by atoms with Gasteiger partial charge in [-0.25, -0.2) is 0 Å². The topological polar surface area (TPSA) is 66.8 Å². The van der Waals surface area contributed by atoms with Gasteiger partial charge in [-0.3, -0.25) is 4.79 Å². The maximum atomic E-state index is 11.1. The molecule has 3 atom stereocenters. The highest BCUT2D eigenvalue weighted by Crippen LogP contribution is 2.16. The van der Waals surface area contributed by atoms with E-state index in [0.29, 0.717) is 19.3 Å². The third-order valence-electron chi connectivity index (χ3n) is 4.83. The Morgan fingerprint density at radius 2 is 1.75 bits per heavy atom. The maximum absolute atomic E-state index is 11.1. The molecule has 156 valence electrons. The van der Waals surface area contributed by atoms with E-state index < -0.39 is 12.2 Å². The number of carbonyl (C=O) groups is 1. The van der Waals surface area contributed by atoms with Crippen LogP contribution in [0.4, 0.5) is 0 Å². The van der Waals surface area contributed by atoms with Gasteiger partial charge in [0.05, 0.1) is 19.3 Å². The average molecular weight is 389 g/mol. The molecule has 0 fully saturated rings. The Kier molecular flexibility index (Phi) is 12.2. The third kappa shape index (κ3) is 10.4. The Labute approximate surface area is 169 Å². The molecule has 0 aliphatic heterocycles. The lowest BCUT2D eigenvalue weighted by atomic mass is 9.98. The molecule has 1 aromatic carbocycles. The molecule has 28 heavy (non-hydrogen) atoms. The van der Waals surface area contributed by atoms with Gasteiger partial charge in [-0.2, -0.15) is 0 Å². The number of hydrogen-bond acceptors (Lipinski definition) is 4. The Morgan fingerprint density at radius 1 is 1.07 bits per heavy atom. The first kappa shape index (κ1) is 24.1. The van der Waals surface area contributed by atoms with Gasteiger partial charge in [-0.15, -0.1) is 0 Å². The molecule has 0 saturated carbocycles. The molecule has 0 bridgehead atoms. The lowest BCUT2D eigenvalue weighted by Gasteiger charge is -2.15. The van der Waals surface area contributed by atoms with Gasteiger partial charge in [0.15, 0.2) is 0 Å². The van der Waals surface area contributed by atoms with Gasteiger partial charge in [-0.05, 0) is 36.5 Å². The highest BCUT2D eigenvalue weighted by atomic mass is 16.5. The summed E-state index contributed by atoms with van der Waals surface area (Å²) < 4.78 is 4.61. The van der Waals surface area contributed by atoms with Gasteiger partial charge in [0, 0.05) is 12.3 Å². The standard InChI is InChI=1S/C24H36O4/c1-4-5-6-11-22(25)17-16-21-10-7-9-20(18-21)15-14-19(2)23(26)12-8-13-24(27)28-3/h7,9-10,14-19,22-23,25-26H,4-6,8,11-13H2,1-3H3/b15-14+,17-16+/t19-,22-,23-/m1/s1. The van der Waals surface area contributed by atoms with E-state index in [1.54, 1.807) is 0 Å². The number of hydrogen-bond donors (Lipinski definition) is 2. The van der Waals surface area contributed by atoms with Gasteiger partial charge < -0.3 is 14.9 Å². The molecular weight excluding hydrogens is 352 g/mol. The van der Waals surface area contributed by atoms with Crippen LogP contribution < -0.4 is 0 Å². The fourth-order valence-corrected chi connectivity index (χ4v) is 2.90. The molecule has 0 spiro atoms. The van der Waals surface area contributed by atoms with Crippen molar-refractivity contribution in [3.05, 3.63) is 47.5 Å². The summed E-state index contributed by atoms with van der Waals surface area (Å²) in [5.41, 5.74) is 2.10. The number of aliphatic hydroxyl groups is 2. The van der Waals surface area contributed by atoms with Crippen molar-refractivity contribution in [3.63, 3.8) is 0 Å². The molecule has 0 aliphatic rings. The lowest BCUT2D eigenvalue weighted by molar-refractivity contribution is -0.140. The summed E-state index contributed by atoms with van der Waals surface area (Å²) in [6.07, 6.45) is 12.6. The molecule has 0 heterocycles. The largest absolute Gasteiger partial charge is 0.469 e. The van der Waals surface area contributed by atoms with E-state index in [4.69, 9.17) is 0 Å². The van der Waals surface area contributed by atoms with Crippen LogP contribution in [0.3, 0.4) is 0 Å². The van der Waals surface area contributed by atoms with Crippen LogP contribution in [-0.4, -0.2) is 35.5 Å². The molecular formula is C24H36O4. The molecule has 1 rings (SSSR count). The highest BCUT2D eigenvalue weighted by Gasteiger charge is 2.12. The monoisotopic (exact) mass is 388 g/mol. The van der Waals surface area contributed by atoms with Crippen molar-refractivity contribution in [2.24, 2.45) is 5.92 Å². The molecule has 0 unspecified atom stereocenters. The van der Waals surface area contributed by atoms with E-state index in [-0.39, 0.29) is 11.9 Å². The van der Waals surface area contributed by atoms with Gasteiger partial charge in [0.25, 0.3) is 0 Å². The molecule has 0 saturated heterocycles. The number of esters is 1. The Hall–Kier alpha value is -1.91. The van der Waals surface area contributed by atoms with E-state index >= 15 is 0 Å². The molecule has 0 amide bonds. The van der Waals surface area contributed by atoms with Gasteiger partial charge >= 0.3 is 5.97 Å². The van der Waals surface area contributed by atoms with Crippen molar-refractivity contribution in [2.75, 3.05) is 7.11 Å². The van der Waals surface area contributed by atoms with Crippen LogP contribution in [0, 0.1) is 5.92 Å². The Bertz CT molecular complexity index is 621. The van der Waals surface area contributed by atoms with Crippen LogP contribution in [0.2, 0.25) is 0 Å². The van der Waals surface area contributed by atoms with Gasteiger partial charge in [0.1, 0.15) is 0 Å². The van der Waals surface area contributed by atoms with Gasteiger partial charge in [0.2, 0.25) is 0 Å². The predicted molar refractivity (Wildman–Crippen MR) is 116 cm³/mol. The van der Waals surface area contributed by atoms with Crippen molar-refractivity contribution >= 4 is 18.1 Å². The highest BCUT2D eigenvalue weighted by molar-refractivity contribution is 5.69. The van der Waals surface area contributed by atoms with E-state index in [0.717, 1.165) is 36.8 Å². The number of rotatable bonds is 13. The van der Waals surface area contributed by atoms with E-state index in [1.807, 2.05) is 49.4 Å². The first-order chi connectivity index (χ1) is 13.5. The second-order valence-corrected chi connectivity index (χ2v) is 7.35. The summed E-state index contributed by atoms with van der Waals surface area (Å²) in [5.74, 6) is -0.243. The number of aliphatic hydroxyl groups excluding tert-OH is 2. The quantitative estimate of drug-likeness (QED) is 0.369. The number of methoxy groups -OCH3 is 1. The van der Waals surface area contributed by atoms with Crippen molar-refractivity contribution in [1.29, 1.82) is 0 Å². The van der Waals surface area contributed by atoms with E-state index in [9.17, 15) is 15.0 Å². The first-order valence-corrected chi connectivity index (χ1v) is 10.4. The average Bonchev–Trinajstić information content (AvgIpc) is 2.70. The third-order valence-corrected chi connectivity index (χ3v) is 4.83. The molecule has 4 heteroatoms. The van der Waals surface area contributed by atoms with Crippen LogP contribution >= 0.6 is 0 Å². The van der Waals surface area contributed by atoms with Crippen LogP contribution in [-0.2, 0) is 9.53 Å². The fraction of sp³-hybridized carbons (Fsp3) is 0.542. The minimum Gasteiger partial charge on any atom is -0.469 e. The maximum Gasteiger partial charge on any atom is 0.305 e. The molecule has 0 radical (unpaired) electrons. The number of ether oxygens (including phenoxy) is 1. The van der Waals surface area contributed by atoms with E-state index in [2.05, 4.69) is 17.7 Å². The summed E-state index contributed by atoms with van der Waals surface area (Å²) in [6.45, 7) is 4.12. The van der Waals surface area contributed by atoms with Crippen molar-refractivity contribution in [3.8, 4) is 0 Å². The van der Waals surface area contributed by atoms with Crippen molar-refractivity contribution < 1.29 is 19.7 Å². The van der Waals surface area contributed by atoms with Crippen LogP contribution in [0.15, 0.2) is 36.4 Å². The second-order valence-electron chi connectivity index (χ2n) is 7.35. The molecule has 0 aromatic heterocycles. The fourth-order valence-electron chi connectivity index (χ4n) is 2.90. The zero-order valence-corrected chi connectivity index (χ0v) is 17.5. The summed E-state index contributed by atoms with van der Waals surface area (Å²) >= 11 is 0. The van der Waals surface area contributed by atoms with Crippen molar-refractivity contribution in [2.45, 2.75) is 71.0 Å². The van der Waals surface area contributed by atoms with Crippen LogP contribution in [0.25, 0.3) is 12.2 Å². The van der Waals surface area contributed by atoms with Crippen LogP contribution in [0.1, 0.15) is 69.9 Å². The molecule has 4 nitrogen and oxygen atoms in total. The summed E-state index contributed by atoms with van der Waals surface area (Å²) in [6, 6.07) is 8.07. The zero-order chi connectivity index (χ0) is 20.8. The van der Waals surface area contributed by atoms with Gasteiger partial charge in [-0.1, -0.05) is 75.6 Å². The minimum absolute atomic E-state index is 0.00256. The van der Waals surface area contributed by atoms with Crippen molar-refractivity contribution in [1.82, 2.24) is 0 Å². The SMILES string of the molecule is CCCCC[C@@H](O)/C=C/c1cccc(/C=C/[C@@H](C)[C@H](O)CCCC(=O)OC)c1. The summed E-state index contributed by atoms with van der Waals surface area (Å²) in [7, 11) is 1.38. The number of benzene rings is 1. The Morgan fingerprint density at radius 3 is 2.39 bits per heavy atom. The Balaban J connectivity index is 2.52. The normalized spacial score (nSPS) is 15.0. The lowest BCUT2D eigenvalue weighted by Crippen LogP contribution is -2.16. The van der Waals surface area contributed by atoms with Crippen LogP contribution in [0.5, 0.6) is 0 Å². The first-order valence-electron chi connectivity index (χ1n) is 10.4. The molecule has 0 aliphatic carbocycles. The summed E-state index contributed by atoms with van der Waals surface area (Å²) in [4.78, 5) is 11.1. The molecule has 2 N–H and O–H groups in total. The molecule has 1 aromatic rings. The summed E-state index contributed by atoms with van der Waals surface area (Å²) in [5, 5.41) is 20.2. The number of carbonyl (C=O) groups excluding carboxylic acids is 1. The van der Waals surface area contributed by atoms with E-state index in [1.165, 1.54) is 7.11 Å².